The smallest absolute Gasteiger partial charge is 0.245 e. The van der Waals surface area contributed by atoms with E-state index in [9.17, 15) is 8.42 Å². The SMILES string of the molecule is CC(c1nc(N)nc(Nc2ccccc2)n1)N1CCN(S(=O)(=O)c2cccc3nsnc23)CC1. The van der Waals surface area contributed by atoms with Crippen molar-refractivity contribution < 1.29 is 8.42 Å². The van der Waals surface area contributed by atoms with Crippen LogP contribution in [0.2, 0.25) is 0 Å². The lowest BCUT2D eigenvalue weighted by Gasteiger charge is -2.36. The average Bonchev–Trinajstić information content (AvgIpc) is 3.33. The number of sulfonamides is 1. The van der Waals surface area contributed by atoms with Gasteiger partial charge in [-0.1, -0.05) is 24.3 Å². The van der Waals surface area contributed by atoms with Gasteiger partial charge in [0.15, 0.2) is 5.82 Å². The minimum atomic E-state index is -3.68. The zero-order chi connectivity index (χ0) is 23.7. The molecule has 0 saturated carbocycles. The third-order valence-electron chi connectivity index (χ3n) is 5.76. The summed E-state index contributed by atoms with van der Waals surface area (Å²) in [7, 11) is -3.68. The van der Waals surface area contributed by atoms with Crippen molar-refractivity contribution in [1.82, 2.24) is 32.9 Å². The fourth-order valence-electron chi connectivity index (χ4n) is 3.93. The van der Waals surface area contributed by atoms with Crippen LogP contribution < -0.4 is 11.1 Å². The van der Waals surface area contributed by atoms with E-state index < -0.39 is 10.0 Å². The van der Waals surface area contributed by atoms with Crippen LogP contribution in [0, 0.1) is 0 Å². The maximum atomic E-state index is 13.3. The minimum Gasteiger partial charge on any atom is -0.368 e. The predicted molar refractivity (Wildman–Crippen MR) is 130 cm³/mol. The van der Waals surface area contributed by atoms with E-state index >= 15 is 0 Å². The lowest BCUT2D eigenvalue weighted by molar-refractivity contribution is 0.141. The Morgan fingerprint density at radius 3 is 2.50 bits per heavy atom. The molecule has 176 valence electrons. The van der Waals surface area contributed by atoms with Gasteiger partial charge in [0.1, 0.15) is 15.9 Å². The molecule has 0 aliphatic carbocycles. The molecule has 0 radical (unpaired) electrons. The summed E-state index contributed by atoms with van der Waals surface area (Å²) in [6.07, 6.45) is 0. The zero-order valence-corrected chi connectivity index (χ0v) is 20.0. The molecule has 2 aromatic carbocycles. The topological polar surface area (TPSA) is 143 Å². The number of nitrogen functional groups attached to an aromatic ring is 1. The molecule has 4 aromatic rings. The fourth-order valence-corrected chi connectivity index (χ4v) is 6.10. The van der Waals surface area contributed by atoms with Gasteiger partial charge >= 0.3 is 0 Å². The molecule has 2 aromatic heterocycles. The number of hydrogen-bond acceptors (Lipinski definition) is 11. The van der Waals surface area contributed by atoms with Gasteiger partial charge in [0.05, 0.1) is 17.8 Å². The van der Waals surface area contributed by atoms with E-state index in [1.807, 2.05) is 37.3 Å². The van der Waals surface area contributed by atoms with Crippen LogP contribution in [0.25, 0.3) is 11.0 Å². The Balaban J connectivity index is 1.30. The van der Waals surface area contributed by atoms with Gasteiger partial charge in [0.2, 0.25) is 21.9 Å². The molecule has 1 unspecified atom stereocenters. The molecule has 0 spiro atoms. The summed E-state index contributed by atoms with van der Waals surface area (Å²) >= 11 is 1.01. The number of aromatic nitrogens is 5. The van der Waals surface area contributed by atoms with Crippen molar-refractivity contribution >= 4 is 50.4 Å². The Morgan fingerprint density at radius 2 is 1.74 bits per heavy atom. The molecule has 1 atom stereocenters. The van der Waals surface area contributed by atoms with E-state index in [0.29, 0.717) is 49.0 Å². The van der Waals surface area contributed by atoms with E-state index in [2.05, 4.69) is 33.9 Å². The zero-order valence-electron chi connectivity index (χ0n) is 18.4. The second-order valence-electron chi connectivity index (χ2n) is 7.87. The Morgan fingerprint density at radius 1 is 0.971 bits per heavy atom. The van der Waals surface area contributed by atoms with Crippen LogP contribution in [0.5, 0.6) is 0 Å². The summed E-state index contributed by atoms with van der Waals surface area (Å²) in [5.74, 6) is 1.02. The second kappa shape index (κ2) is 9.18. The highest BCUT2D eigenvalue weighted by Crippen LogP contribution is 2.27. The van der Waals surface area contributed by atoms with Crippen molar-refractivity contribution in [3.05, 3.63) is 54.4 Å². The molecular formula is C21H23N9O2S2. The van der Waals surface area contributed by atoms with Crippen molar-refractivity contribution in [2.24, 2.45) is 0 Å². The van der Waals surface area contributed by atoms with Crippen molar-refractivity contribution in [2.75, 3.05) is 37.2 Å². The second-order valence-corrected chi connectivity index (χ2v) is 10.3. The highest BCUT2D eigenvalue weighted by molar-refractivity contribution is 7.89. The van der Waals surface area contributed by atoms with Crippen LogP contribution in [0.1, 0.15) is 18.8 Å². The Labute approximate surface area is 201 Å². The number of benzene rings is 2. The van der Waals surface area contributed by atoms with Crippen LogP contribution >= 0.6 is 11.7 Å². The first-order valence-electron chi connectivity index (χ1n) is 10.7. The van der Waals surface area contributed by atoms with E-state index in [0.717, 1.165) is 17.4 Å². The third kappa shape index (κ3) is 4.42. The number of hydrogen-bond donors (Lipinski definition) is 2. The Kier molecular flexibility index (Phi) is 6.08. The normalized spacial score (nSPS) is 16.5. The van der Waals surface area contributed by atoms with Crippen molar-refractivity contribution in [3.63, 3.8) is 0 Å². The summed E-state index contributed by atoms with van der Waals surface area (Å²) in [4.78, 5) is 15.4. The number of nitrogens with one attached hydrogen (secondary N) is 1. The quantitative estimate of drug-likeness (QED) is 0.407. The molecule has 5 rings (SSSR count). The Bertz CT molecular complexity index is 1400. The first-order valence-corrected chi connectivity index (χ1v) is 12.9. The number of piperazine rings is 1. The monoisotopic (exact) mass is 497 g/mol. The summed E-state index contributed by atoms with van der Waals surface area (Å²) < 4.78 is 36.4. The predicted octanol–water partition coefficient (Wildman–Crippen LogP) is 2.27. The van der Waals surface area contributed by atoms with E-state index in [-0.39, 0.29) is 16.9 Å². The molecule has 34 heavy (non-hydrogen) atoms. The molecule has 3 N–H and O–H groups in total. The largest absolute Gasteiger partial charge is 0.368 e. The molecule has 1 aliphatic rings. The average molecular weight is 498 g/mol. The molecule has 0 amide bonds. The van der Waals surface area contributed by atoms with Gasteiger partial charge < -0.3 is 11.1 Å². The maximum absolute atomic E-state index is 13.3. The van der Waals surface area contributed by atoms with Gasteiger partial charge in [0, 0.05) is 31.9 Å². The van der Waals surface area contributed by atoms with E-state index in [1.165, 1.54) is 4.31 Å². The standard InChI is InChI=1S/C21H23N9O2S2/c1-14(19-24-20(22)26-21(25-19)23-15-6-3-2-4-7-15)29-10-12-30(13-11-29)34(31,32)17-9-5-8-16-18(17)28-33-27-16/h2-9,14H,10-13H2,1H3,(H3,22,23,24,25,26). The molecular weight excluding hydrogens is 474 g/mol. The number of rotatable bonds is 6. The number of nitrogens with two attached hydrogens (primary N) is 1. The van der Waals surface area contributed by atoms with Gasteiger partial charge in [-0.15, -0.1) is 0 Å². The molecule has 0 bridgehead atoms. The number of para-hydroxylation sites is 1. The van der Waals surface area contributed by atoms with E-state index in [4.69, 9.17) is 5.73 Å². The summed E-state index contributed by atoms with van der Waals surface area (Å²) in [6.45, 7) is 3.72. The molecule has 13 heteroatoms. The number of nitrogens with zero attached hydrogens (tertiary/aromatic N) is 7. The maximum Gasteiger partial charge on any atom is 0.245 e. The van der Waals surface area contributed by atoms with Crippen LogP contribution in [0.3, 0.4) is 0 Å². The third-order valence-corrected chi connectivity index (χ3v) is 8.23. The number of anilines is 3. The van der Waals surface area contributed by atoms with E-state index in [1.54, 1.807) is 18.2 Å². The van der Waals surface area contributed by atoms with Crippen LogP contribution in [0.15, 0.2) is 53.4 Å². The van der Waals surface area contributed by atoms with Crippen LogP contribution in [0.4, 0.5) is 17.6 Å². The fraction of sp³-hybridized carbons (Fsp3) is 0.286. The van der Waals surface area contributed by atoms with Crippen LogP contribution in [-0.2, 0) is 10.0 Å². The molecule has 1 saturated heterocycles. The van der Waals surface area contributed by atoms with Gasteiger partial charge in [-0.25, -0.2) is 8.42 Å². The first-order chi connectivity index (χ1) is 16.4. The van der Waals surface area contributed by atoms with Gasteiger partial charge in [-0.2, -0.15) is 28.0 Å². The minimum absolute atomic E-state index is 0.126. The highest BCUT2D eigenvalue weighted by Gasteiger charge is 2.32. The van der Waals surface area contributed by atoms with Gasteiger partial charge in [-0.05, 0) is 31.2 Å². The lowest BCUT2D eigenvalue weighted by Crippen LogP contribution is -2.49. The summed E-state index contributed by atoms with van der Waals surface area (Å²) in [5.41, 5.74) is 7.79. The van der Waals surface area contributed by atoms with Crippen LogP contribution in [-0.4, -0.2) is 67.5 Å². The molecule has 1 aliphatic heterocycles. The van der Waals surface area contributed by atoms with Gasteiger partial charge in [-0.3, -0.25) is 4.90 Å². The van der Waals surface area contributed by atoms with Crippen molar-refractivity contribution in [1.29, 1.82) is 0 Å². The van der Waals surface area contributed by atoms with Crippen molar-refractivity contribution in [2.45, 2.75) is 17.9 Å². The summed E-state index contributed by atoms with van der Waals surface area (Å²) in [5, 5.41) is 3.14. The molecule has 1 fully saturated rings. The summed E-state index contributed by atoms with van der Waals surface area (Å²) in [6, 6.07) is 14.4. The highest BCUT2D eigenvalue weighted by atomic mass is 32.2. The first kappa shape index (κ1) is 22.5. The lowest BCUT2D eigenvalue weighted by atomic mass is 10.2. The Hall–Kier alpha value is -3.26. The number of fused-ring (bicyclic) bond motifs is 1. The van der Waals surface area contributed by atoms with Gasteiger partial charge in [0.25, 0.3) is 0 Å². The molecule has 11 nitrogen and oxygen atoms in total. The van der Waals surface area contributed by atoms with Crippen molar-refractivity contribution in [3.8, 4) is 0 Å². The molecule has 3 heterocycles.